The number of nitrogens with one attached hydrogen (secondary N) is 1. The first-order valence-electron chi connectivity index (χ1n) is 10.9. The molecule has 4 atom stereocenters. The predicted octanol–water partition coefficient (Wildman–Crippen LogP) is 3.44. The Bertz CT molecular complexity index is 914. The molecule has 5 nitrogen and oxygen atoms in total. The molecule has 0 radical (unpaired) electrons. The second-order valence-electron chi connectivity index (χ2n) is 9.02. The van der Waals surface area contributed by atoms with Crippen molar-refractivity contribution in [2.75, 3.05) is 19.6 Å². The second-order valence-corrected chi connectivity index (χ2v) is 9.02. The van der Waals surface area contributed by atoms with E-state index in [1.165, 1.54) is 31.2 Å². The molecular formula is C24H28N4O. The number of aromatic amines is 1. The van der Waals surface area contributed by atoms with Crippen LogP contribution in [0.4, 0.5) is 0 Å². The van der Waals surface area contributed by atoms with Gasteiger partial charge in [0.2, 0.25) is 0 Å². The van der Waals surface area contributed by atoms with E-state index in [1.54, 1.807) is 12.3 Å². The Morgan fingerprint density at radius 3 is 2.83 bits per heavy atom. The van der Waals surface area contributed by atoms with Gasteiger partial charge < -0.3 is 9.88 Å². The third-order valence-corrected chi connectivity index (χ3v) is 7.16. The molecule has 3 fully saturated rings. The Balaban J connectivity index is 1.30. The summed E-state index contributed by atoms with van der Waals surface area (Å²) in [6, 6.07) is 15.9. The van der Waals surface area contributed by atoms with Crippen molar-refractivity contribution in [3.05, 3.63) is 59.4 Å². The third-order valence-electron chi connectivity index (χ3n) is 7.16. The van der Waals surface area contributed by atoms with Crippen molar-refractivity contribution in [3.63, 3.8) is 0 Å². The van der Waals surface area contributed by atoms with Gasteiger partial charge in [-0.25, -0.2) is 0 Å². The lowest BCUT2D eigenvalue weighted by molar-refractivity contribution is -0.0499. The number of H-pyrrole nitrogens is 1. The minimum atomic E-state index is 0.0475. The topological polar surface area (TPSA) is 63.1 Å². The van der Waals surface area contributed by atoms with E-state index < -0.39 is 0 Å². The molecule has 0 aliphatic carbocycles. The molecule has 3 aliphatic heterocycles. The van der Waals surface area contributed by atoms with Crippen LogP contribution in [0.1, 0.15) is 47.3 Å². The molecular weight excluding hydrogens is 360 g/mol. The van der Waals surface area contributed by atoms with Crippen LogP contribution in [0.15, 0.2) is 42.6 Å². The van der Waals surface area contributed by atoms with E-state index in [9.17, 15) is 4.79 Å². The Labute approximate surface area is 172 Å². The van der Waals surface area contributed by atoms with Gasteiger partial charge in [0.15, 0.2) is 0 Å². The van der Waals surface area contributed by atoms with Gasteiger partial charge in [-0.1, -0.05) is 36.8 Å². The lowest BCUT2D eigenvalue weighted by Crippen LogP contribution is -2.62. The third kappa shape index (κ3) is 3.58. The standard InChI is InChI=1S/C24H28N4O/c25-12-18-11-22(26-13-18)24(29)27-14-19-9-20(16-27)23-8-4-7-21(28(23)15-19)10-17-5-2-1-3-6-17/h1-3,5-6,11,13,19-21,23,26H,4,7-10,14-16H2/t19-,20+,21+,23-/m0/s1. The number of hydrogen-bond donors (Lipinski definition) is 1. The minimum Gasteiger partial charge on any atom is -0.356 e. The smallest absolute Gasteiger partial charge is 0.270 e. The maximum atomic E-state index is 13.0. The van der Waals surface area contributed by atoms with Crippen molar-refractivity contribution < 1.29 is 4.79 Å². The molecule has 1 aromatic carbocycles. The summed E-state index contributed by atoms with van der Waals surface area (Å²) in [6.07, 6.45) is 7.83. The average molecular weight is 389 g/mol. The van der Waals surface area contributed by atoms with Gasteiger partial charge in [-0.15, -0.1) is 0 Å². The van der Waals surface area contributed by atoms with Gasteiger partial charge in [0, 0.05) is 37.9 Å². The van der Waals surface area contributed by atoms with E-state index in [2.05, 4.69) is 46.3 Å². The Morgan fingerprint density at radius 1 is 1.17 bits per heavy atom. The lowest BCUT2D eigenvalue weighted by Gasteiger charge is -2.55. The summed E-state index contributed by atoms with van der Waals surface area (Å²) in [5.74, 6) is 1.16. The summed E-state index contributed by atoms with van der Waals surface area (Å²) in [6.45, 7) is 2.78. The van der Waals surface area contributed by atoms with Crippen LogP contribution >= 0.6 is 0 Å². The highest BCUT2D eigenvalue weighted by molar-refractivity contribution is 5.93. The van der Waals surface area contributed by atoms with Crippen molar-refractivity contribution in [2.45, 2.75) is 44.2 Å². The number of carbonyl (C=O) groups is 1. The van der Waals surface area contributed by atoms with E-state index in [4.69, 9.17) is 5.26 Å². The van der Waals surface area contributed by atoms with Gasteiger partial charge in [-0.05, 0) is 49.1 Å². The van der Waals surface area contributed by atoms with Gasteiger partial charge in [-0.2, -0.15) is 5.26 Å². The molecule has 1 amide bonds. The van der Waals surface area contributed by atoms with Crippen LogP contribution in [0.3, 0.4) is 0 Å². The average Bonchev–Trinajstić information content (AvgIpc) is 3.24. The molecule has 1 aromatic heterocycles. The van der Waals surface area contributed by atoms with Crippen molar-refractivity contribution in [1.82, 2.24) is 14.8 Å². The molecule has 5 rings (SSSR count). The first-order valence-corrected chi connectivity index (χ1v) is 10.9. The molecule has 29 heavy (non-hydrogen) atoms. The van der Waals surface area contributed by atoms with Crippen LogP contribution < -0.4 is 0 Å². The summed E-state index contributed by atoms with van der Waals surface area (Å²) in [4.78, 5) is 20.8. The number of amides is 1. The fraction of sp³-hybridized carbons (Fsp3) is 0.500. The quantitative estimate of drug-likeness (QED) is 0.876. The number of carbonyl (C=O) groups excluding carboxylic acids is 1. The van der Waals surface area contributed by atoms with Crippen LogP contribution in [-0.2, 0) is 6.42 Å². The SMILES string of the molecule is N#Cc1c[nH]c(C(=O)N2C[C@@H]3C[C@H](C2)[C@@H]2CCC[C@H](Cc4ccccc4)N2C3)c1. The zero-order valence-electron chi connectivity index (χ0n) is 16.8. The van der Waals surface area contributed by atoms with Crippen molar-refractivity contribution in [3.8, 4) is 6.07 Å². The molecule has 1 N–H and O–H groups in total. The van der Waals surface area contributed by atoms with Gasteiger partial charge in [0.05, 0.1) is 5.56 Å². The number of rotatable bonds is 3. The zero-order chi connectivity index (χ0) is 19.8. The predicted molar refractivity (Wildman–Crippen MR) is 111 cm³/mol. The molecule has 0 spiro atoms. The Morgan fingerprint density at radius 2 is 2.03 bits per heavy atom. The zero-order valence-corrected chi connectivity index (χ0v) is 16.8. The maximum absolute atomic E-state index is 13.0. The highest BCUT2D eigenvalue weighted by Gasteiger charge is 2.45. The van der Waals surface area contributed by atoms with Crippen LogP contribution in [0.25, 0.3) is 0 Å². The van der Waals surface area contributed by atoms with Crippen LogP contribution in [0, 0.1) is 23.2 Å². The summed E-state index contributed by atoms with van der Waals surface area (Å²) < 4.78 is 0. The molecule has 2 bridgehead atoms. The van der Waals surface area contributed by atoms with Gasteiger partial charge in [0.1, 0.15) is 11.8 Å². The van der Waals surface area contributed by atoms with Crippen molar-refractivity contribution >= 4 is 5.91 Å². The number of fused-ring (bicyclic) bond motifs is 4. The van der Waals surface area contributed by atoms with E-state index in [1.807, 2.05) is 4.90 Å². The second kappa shape index (κ2) is 7.68. The first-order chi connectivity index (χ1) is 14.2. The fourth-order valence-electron chi connectivity index (χ4n) is 5.94. The van der Waals surface area contributed by atoms with Crippen LogP contribution in [0.5, 0.6) is 0 Å². The molecule has 5 heteroatoms. The monoisotopic (exact) mass is 388 g/mol. The Hall–Kier alpha value is -2.58. The normalized spacial score (nSPS) is 29.1. The molecule has 0 unspecified atom stereocenters. The number of aromatic nitrogens is 1. The molecule has 4 heterocycles. The summed E-state index contributed by atoms with van der Waals surface area (Å²) in [5.41, 5.74) is 2.50. The highest BCUT2D eigenvalue weighted by atomic mass is 16.2. The van der Waals surface area contributed by atoms with Gasteiger partial charge in [0.25, 0.3) is 5.91 Å². The van der Waals surface area contributed by atoms with Gasteiger partial charge >= 0.3 is 0 Å². The fourth-order valence-corrected chi connectivity index (χ4v) is 5.94. The number of piperidine rings is 3. The summed E-state index contributed by atoms with van der Waals surface area (Å²) in [5, 5.41) is 9.03. The van der Waals surface area contributed by atoms with Gasteiger partial charge in [-0.3, -0.25) is 9.69 Å². The first kappa shape index (κ1) is 18.4. The molecule has 0 saturated carbocycles. The molecule has 3 aliphatic rings. The number of benzene rings is 1. The number of nitriles is 1. The van der Waals surface area contributed by atoms with E-state index in [-0.39, 0.29) is 5.91 Å². The number of likely N-dealkylation sites (tertiary alicyclic amines) is 1. The molecule has 150 valence electrons. The number of nitrogens with zero attached hydrogens (tertiary/aromatic N) is 3. The molecule has 3 saturated heterocycles. The largest absolute Gasteiger partial charge is 0.356 e. The number of hydrogen-bond acceptors (Lipinski definition) is 3. The summed E-state index contributed by atoms with van der Waals surface area (Å²) in [7, 11) is 0. The van der Waals surface area contributed by atoms with Crippen LogP contribution in [0.2, 0.25) is 0 Å². The summed E-state index contributed by atoms with van der Waals surface area (Å²) >= 11 is 0. The van der Waals surface area contributed by atoms with E-state index in [0.717, 1.165) is 26.1 Å². The van der Waals surface area contributed by atoms with E-state index >= 15 is 0 Å². The van der Waals surface area contributed by atoms with E-state index in [0.29, 0.717) is 35.2 Å². The maximum Gasteiger partial charge on any atom is 0.270 e. The highest BCUT2D eigenvalue weighted by Crippen LogP contribution is 2.40. The van der Waals surface area contributed by atoms with Crippen LogP contribution in [-0.4, -0.2) is 52.4 Å². The minimum absolute atomic E-state index is 0.0475. The molecule has 2 aromatic rings. The Kier molecular flexibility index (Phi) is 4.89. The van der Waals surface area contributed by atoms with Crippen molar-refractivity contribution in [1.29, 1.82) is 5.26 Å². The lowest BCUT2D eigenvalue weighted by atomic mass is 9.74. The van der Waals surface area contributed by atoms with Crippen molar-refractivity contribution in [2.24, 2.45) is 11.8 Å².